The number of nitrogens with zero attached hydrogens (tertiary/aromatic N) is 2. The number of aromatic nitrogens is 1. The Bertz CT molecular complexity index is 1070. The topological polar surface area (TPSA) is 110 Å². The van der Waals surface area contributed by atoms with Gasteiger partial charge in [0.1, 0.15) is 11.7 Å². The molecule has 2 heterocycles. The van der Waals surface area contributed by atoms with Crippen LogP contribution in [-0.4, -0.2) is 46.2 Å². The van der Waals surface area contributed by atoms with E-state index >= 15 is 0 Å². The Morgan fingerprint density at radius 2 is 1.97 bits per heavy atom. The van der Waals surface area contributed by atoms with Crippen LogP contribution in [0.5, 0.6) is 0 Å². The zero-order valence-corrected chi connectivity index (χ0v) is 21.5. The fourth-order valence-corrected chi connectivity index (χ4v) is 4.46. The number of amides is 3. The van der Waals surface area contributed by atoms with Crippen molar-refractivity contribution in [3.63, 3.8) is 0 Å². The number of rotatable bonds is 5. The lowest BCUT2D eigenvalue weighted by Gasteiger charge is -2.27. The van der Waals surface area contributed by atoms with E-state index in [1.807, 2.05) is 0 Å². The molecule has 3 rings (SSSR count). The van der Waals surface area contributed by atoms with Crippen LogP contribution >= 0.6 is 34.5 Å². The number of hydrogen-bond donors (Lipinski definition) is 2. The van der Waals surface area contributed by atoms with E-state index in [0.717, 1.165) is 5.56 Å². The van der Waals surface area contributed by atoms with Gasteiger partial charge in [-0.3, -0.25) is 15.0 Å². The minimum absolute atomic E-state index is 0.198. The van der Waals surface area contributed by atoms with Crippen LogP contribution in [-0.2, 0) is 20.8 Å². The normalized spacial score (nSPS) is 17.9. The van der Waals surface area contributed by atoms with E-state index in [1.165, 1.54) is 23.2 Å². The Morgan fingerprint density at radius 3 is 2.62 bits per heavy atom. The average Bonchev–Trinajstić information content (AvgIpc) is 3.34. The van der Waals surface area contributed by atoms with Crippen molar-refractivity contribution in [1.29, 1.82) is 0 Å². The van der Waals surface area contributed by atoms with Crippen molar-refractivity contribution in [2.75, 3.05) is 11.9 Å². The summed E-state index contributed by atoms with van der Waals surface area (Å²) in [7, 11) is 0. The Hall–Kier alpha value is -2.56. The highest BCUT2D eigenvalue weighted by Crippen LogP contribution is 2.36. The van der Waals surface area contributed by atoms with Gasteiger partial charge in [0.25, 0.3) is 0 Å². The van der Waals surface area contributed by atoms with Crippen LogP contribution in [0.15, 0.2) is 23.6 Å². The second-order valence-corrected chi connectivity index (χ2v) is 10.4. The first-order valence-corrected chi connectivity index (χ1v) is 12.2. The van der Waals surface area contributed by atoms with Crippen molar-refractivity contribution in [2.45, 2.75) is 58.4 Å². The van der Waals surface area contributed by atoms with Gasteiger partial charge in [0.2, 0.25) is 0 Å². The lowest BCUT2D eigenvalue weighted by molar-refractivity contribution is -0.145. The number of thiazole rings is 1. The number of carbonyl (C=O) groups is 3. The summed E-state index contributed by atoms with van der Waals surface area (Å²) in [5.41, 5.74) is 0.688. The molecule has 0 saturated carbocycles. The number of esters is 1. The molecule has 1 aromatic carbocycles. The number of carbonyl (C=O) groups excluding carboxylic acids is 3. The third kappa shape index (κ3) is 7.22. The monoisotopic (exact) mass is 528 g/mol. The number of benzene rings is 1. The maximum atomic E-state index is 12.8. The predicted octanol–water partition coefficient (Wildman–Crippen LogP) is 5.39. The first kappa shape index (κ1) is 26.1. The summed E-state index contributed by atoms with van der Waals surface area (Å²) in [5.74, 6) is -0.422. The molecule has 0 aliphatic carbocycles. The molecule has 2 N–H and O–H groups in total. The maximum absolute atomic E-state index is 12.8. The fraction of sp³-hybridized carbons (Fsp3) is 0.455. The molecular formula is C22H26Cl2N4O5S. The summed E-state index contributed by atoms with van der Waals surface area (Å²) in [6.45, 7) is 7.11. The molecule has 34 heavy (non-hydrogen) atoms. The van der Waals surface area contributed by atoms with E-state index in [1.54, 1.807) is 44.4 Å². The number of anilines is 1. The Labute approximate surface area is 211 Å². The van der Waals surface area contributed by atoms with Crippen LogP contribution < -0.4 is 10.6 Å². The van der Waals surface area contributed by atoms with Crippen molar-refractivity contribution in [1.82, 2.24) is 15.2 Å². The summed E-state index contributed by atoms with van der Waals surface area (Å²) in [6, 6.07) is 4.20. The highest BCUT2D eigenvalue weighted by atomic mass is 35.5. The van der Waals surface area contributed by atoms with Gasteiger partial charge in [-0.1, -0.05) is 29.3 Å². The van der Waals surface area contributed by atoms with Crippen LogP contribution in [0.1, 0.15) is 51.4 Å². The molecule has 1 aliphatic heterocycles. The van der Waals surface area contributed by atoms with Gasteiger partial charge >= 0.3 is 18.1 Å². The number of hydrogen-bond acceptors (Lipinski definition) is 7. The minimum atomic E-state index is -0.678. The van der Waals surface area contributed by atoms with Crippen molar-refractivity contribution < 1.29 is 23.9 Å². The first-order chi connectivity index (χ1) is 15.9. The number of halogens is 2. The molecule has 9 nitrogen and oxygen atoms in total. The van der Waals surface area contributed by atoms with Crippen molar-refractivity contribution in [3.05, 3.63) is 44.9 Å². The lowest BCUT2D eigenvalue weighted by atomic mass is 10.1. The van der Waals surface area contributed by atoms with Crippen LogP contribution in [0.3, 0.4) is 0 Å². The van der Waals surface area contributed by atoms with Crippen molar-refractivity contribution >= 4 is 57.8 Å². The summed E-state index contributed by atoms with van der Waals surface area (Å²) in [5, 5.41) is 8.38. The van der Waals surface area contributed by atoms with E-state index < -0.39 is 35.8 Å². The molecule has 0 spiro atoms. The zero-order chi connectivity index (χ0) is 25.0. The smallest absolute Gasteiger partial charge is 0.410 e. The summed E-state index contributed by atoms with van der Waals surface area (Å²) < 4.78 is 10.8. The molecule has 0 bridgehead atoms. The van der Waals surface area contributed by atoms with E-state index in [4.69, 9.17) is 32.7 Å². The standard InChI is InChI=1S/C22H26Cl2N4O5S/c1-12(29)32-14-8-18(28(10-14)21(31)33-22(2,3)4)17-11-34-20(26-17)27-19(30)25-9-13-5-6-15(23)16(24)7-13/h5-7,11,14,18H,8-10H2,1-4H3,(H2,25,26,27,30)/t14-,18?/m1/s1. The van der Waals surface area contributed by atoms with Crippen LogP contribution in [0.4, 0.5) is 14.7 Å². The molecule has 12 heteroatoms. The molecule has 184 valence electrons. The van der Waals surface area contributed by atoms with Gasteiger partial charge in [0.15, 0.2) is 5.13 Å². The number of likely N-dealkylation sites (tertiary alicyclic amines) is 1. The molecule has 1 fully saturated rings. The second kappa shape index (κ2) is 10.8. The highest BCUT2D eigenvalue weighted by molar-refractivity contribution is 7.13. The number of nitrogens with one attached hydrogen (secondary N) is 2. The quantitative estimate of drug-likeness (QED) is 0.503. The third-order valence-corrected chi connectivity index (χ3v) is 6.26. The molecule has 1 saturated heterocycles. The number of ether oxygens (including phenoxy) is 2. The van der Waals surface area contributed by atoms with Crippen molar-refractivity contribution in [2.24, 2.45) is 0 Å². The van der Waals surface area contributed by atoms with Gasteiger partial charge in [-0.15, -0.1) is 11.3 Å². The lowest BCUT2D eigenvalue weighted by Crippen LogP contribution is -2.37. The van der Waals surface area contributed by atoms with Gasteiger partial charge < -0.3 is 14.8 Å². The van der Waals surface area contributed by atoms with Crippen LogP contribution in [0, 0.1) is 0 Å². The second-order valence-electron chi connectivity index (χ2n) is 8.75. The SMILES string of the molecule is CC(=O)O[C@@H]1CC(c2csc(NC(=O)NCc3ccc(Cl)c(Cl)c3)n2)N(C(=O)OC(C)(C)C)C1. The predicted molar refractivity (Wildman–Crippen MR) is 130 cm³/mol. The van der Waals surface area contributed by atoms with E-state index in [-0.39, 0.29) is 13.1 Å². The fourth-order valence-electron chi connectivity index (χ4n) is 3.39. The highest BCUT2D eigenvalue weighted by Gasteiger charge is 2.41. The van der Waals surface area contributed by atoms with E-state index in [0.29, 0.717) is 27.3 Å². The van der Waals surface area contributed by atoms with Gasteiger partial charge in [0, 0.05) is 25.3 Å². The first-order valence-electron chi connectivity index (χ1n) is 10.5. The average molecular weight is 529 g/mol. The van der Waals surface area contributed by atoms with Gasteiger partial charge in [-0.05, 0) is 38.5 Å². The minimum Gasteiger partial charge on any atom is -0.461 e. The zero-order valence-electron chi connectivity index (χ0n) is 19.2. The number of urea groups is 1. The molecule has 2 atom stereocenters. The summed E-state index contributed by atoms with van der Waals surface area (Å²) in [6.07, 6.45) is -0.609. The van der Waals surface area contributed by atoms with E-state index in [2.05, 4.69) is 15.6 Å². The van der Waals surface area contributed by atoms with E-state index in [9.17, 15) is 14.4 Å². The van der Waals surface area contributed by atoms with Crippen LogP contribution in [0.25, 0.3) is 0 Å². The summed E-state index contributed by atoms with van der Waals surface area (Å²) in [4.78, 5) is 42.5. The van der Waals surface area contributed by atoms with Gasteiger partial charge in [0.05, 0.1) is 28.3 Å². The molecule has 3 amide bonds. The van der Waals surface area contributed by atoms with Crippen LogP contribution in [0.2, 0.25) is 10.0 Å². The van der Waals surface area contributed by atoms with Gasteiger partial charge in [-0.2, -0.15) is 0 Å². The largest absolute Gasteiger partial charge is 0.461 e. The molecule has 1 unspecified atom stereocenters. The molecule has 2 aromatic rings. The Kier molecular flexibility index (Phi) is 8.27. The summed E-state index contributed by atoms with van der Waals surface area (Å²) >= 11 is 13.1. The van der Waals surface area contributed by atoms with Crippen molar-refractivity contribution in [3.8, 4) is 0 Å². The third-order valence-electron chi connectivity index (χ3n) is 4.74. The van der Waals surface area contributed by atoms with Gasteiger partial charge in [-0.25, -0.2) is 14.6 Å². The maximum Gasteiger partial charge on any atom is 0.410 e. The Balaban J connectivity index is 1.65. The molecule has 1 aliphatic rings. The molecule has 1 aromatic heterocycles. The molecular weight excluding hydrogens is 503 g/mol. The Morgan fingerprint density at radius 1 is 1.24 bits per heavy atom. The molecule has 0 radical (unpaired) electrons.